The van der Waals surface area contributed by atoms with Gasteiger partial charge in [-0.25, -0.2) is 9.78 Å². The maximum atomic E-state index is 12.8. The molecule has 0 saturated heterocycles. The van der Waals surface area contributed by atoms with Crippen LogP contribution in [-0.4, -0.2) is 36.6 Å². The van der Waals surface area contributed by atoms with Crippen LogP contribution < -0.4 is 14.8 Å². The number of ether oxygens (including phenoxy) is 3. The minimum absolute atomic E-state index is 0.0585. The van der Waals surface area contributed by atoms with E-state index in [-0.39, 0.29) is 18.5 Å². The van der Waals surface area contributed by atoms with Gasteiger partial charge < -0.3 is 19.5 Å². The number of carbonyl (C=O) groups is 2. The summed E-state index contributed by atoms with van der Waals surface area (Å²) in [6, 6.07) is 5.60. The van der Waals surface area contributed by atoms with Gasteiger partial charge in [-0.05, 0) is 25.0 Å². The van der Waals surface area contributed by atoms with E-state index in [0.717, 1.165) is 29.8 Å². The summed E-state index contributed by atoms with van der Waals surface area (Å²) in [5, 5.41) is 5.43. The van der Waals surface area contributed by atoms with Crippen LogP contribution in [0.1, 0.15) is 44.7 Å². The Balaban J connectivity index is 1.72. The first-order valence-corrected chi connectivity index (χ1v) is 10.5. The molecule has 0 bridgehead atoms. The van der Waals surface area contributed by atoms with E-state index >= 15 is 0 Å². The standard InChI is InChI=1S/C21H26N2O5S/c1-14(24)23-21(10-5-4-6-11-21)20(25)28-12-15-13-29-19(22-15)16-8-7-9-17(26-2)18(16)27-3/h7-9,13H,4-6,10-12H2,1-3H3,(H,23,24). The average Bonchev–Trinajstić information content (AvgIpc) is 3.20. The number of amides is 1. The largest absolute Gasteiger partial charge is 0.493 e. The molecule has 1 aromatic carbocycles. The molecule has 2 aromatic rings. The zero-order valence-corrected chi connectivity index (χ0v) is 17.8. The summed E-state index contributed by atoms with van der Waals surface area (Å²) in [5.74, 6) is 0.633. The Morgan fingerprint density at radius 1 is 1.17 bits per heavy atom. The Bertz CT molecular complexity index is 874. The molecule has 1 saturated carbocycles. The van der Waals surface area contributed by atoms with Crippen molar-refractivity contribution < 1.29 is 23.8 Å². The van der Waals surface area contributed by atoms with Crippen LogP contribution in [0.3, 0.4) is 0 Å². The predicted molar refractivity (Wildman–Crippen MR) is 110 cm³/mol. The highest BCUT2D eigenvalue weighted by molar-refractivity contribution is 7.13. The van der Waals surface area contributed by atoms with Crippen molar-refractivity contribution in [2.75, 3.05) is 14.2 Å². The number of nitrogens with zero attached hydrogens (tertiary/aromatic N) is 1. The molecule has 3 rings (SSSR count). The molecule has 0 unspecified atom stereocenters. The summed E-state index contributed by atoms with van der Waals surface area (Å²) < 4.78 is 16.4. The van der Waals surface area contributed by atoms with Crippen molar-refractivity contribution in [2.24, 2.45) is 0 Å². The summed E-state index contributed by atoms with van der Waals surface area (Å²) in [6.45, 7) is 1.49. The number of rotatable bonds is 7. The summed E-state index contributed by atoms with van der Waals surface area (Å²) in [6.07, 6.45) is 4.06. The lowest BCUT2D eigenvalue weighted by Crippen LogP contribution is -2.55. The van der Waals surface area contributed by atoms with Crippen LogP contribution in [-0.2, 0) is 20.9 Å². The van der Waals surface area contributed by atoms with Crippen molar-refractivity contribution in [1.82, 2.24) is 10.3 Å². The fourth-order valence-corrected chi connectivity index (χ4v) is 4.53. The SMILES string of the molecule is COc1cccc(-c2nc(COC(=O)C3(NC(C)=O)CCCCC3)cs2)c1OC. The van der Waals surface area contributed by atoms with E-state index in [1.54, 1.807) is 14.2 Å². The zero-order chi connectivity index (χ0) is 20.9. The Labute approximate surface area is 174 Å². The van der Waals surface area contributed by atoms with Gasteiger partial charge in [-0.1, -0.05) is 25.3 Å². The molecule has 0 atom stereocenters. The Morgan fingerprint density at radius 3 is 2.59 bits per heavy atom. The molecular formula is C21H26N2O5S. The molecule has 1 heterocycles. The minimum atomic E-state index is -0.918. The van der Waals surface area contributed by atoms with Crippen molar-refractivity contribution in [3.8, 4) is 22.1 Å². The molecule has 156 valence electrons. The molecule has 0 aliphatic heterocycles. The molecule has 8 heteroatoms. The van der Waals surface area contributed by atoms with Gasteiger partial charge in [0, 0.05) is 12.3 Å². The lowest BCUT2D eigenvalue weighted by Gasteiger charge is -2.35. The molecule has 1 fully saturated rings. The summed E-state index contributed by atoms with van der Waals surface area (Å²) >= 11 is 1.44. The first kappa shape index (κ1) is 21.1. The van der Waals surface area contributed by atoms with E-state index in [4.69, 9.17) is 14.2 Å². The fraction of sp³-hybridized carbons (Fsp3) is 0.476. The Hall–Kier alpha value is -2.61. The monoisotopic (exact) mass is 418 g/mol. The van der Waals surface area contributed by atoms with Gasteiger partial charge in [-0.2, -0.15) is 0 Å². The van der Waals surface area contributed by atoms with Crippen LogP contribution >= 0.6 is 11.3 Å². The first-order chi connectivity index (χ1) is 14.0. The smallest absolute Gasteiger partial charge is 0.332 e. The highest BCUT2D eigenvalue weighted by atomic mass is 32.1. The fourth-order valence-electron chi connectivity index (χ4n) is 3.70. The molecule has 1 aliphatic rings. The number of esters is 1. The number of benzene rings is 1. The van der Waals surface area contributed by atoms with Gasteiger partial charge in [-0.15, -0.1) is 11.3 Å². The molecule has 1 aromatic heterocycles. The quantitative estimate of drug-likeness (QED) is 0.690. The summed E-state index contributed by atoms with van der Waals surface area (Å²) in [7, 11) is 3.17. The number of methoxy groups -OCH3 is 2. The van der Waals surface area contributed by atoms with Gasteiger partial charge in [0.05, 0.1) is 25.5 Å². The Morgan fingerprint density at radius 2 is 1.93 bits per heavy atom. The third-order valence-electron chi connectivity index (χ3n) is 5.05. The number of para-hydroxylation sites is 1. The highest BCUT2D eigenvalue weighted by Gasteiger charge is 2.41. The molecule has 7 nitrogen and oxygen atoms in total. The van der Waals surface area contributed by atoms with Gasteiger partial charge in [0.1, 0.15) is 17.2 Å². The highest BCUT2D eigenvalue weighted by Crippen LogP contribution is 2.39. The van der Waals surface area contributed by atoms with E-state index in [9.17, 15) is 9.59 Å². The third kappa shape index (κ3) is 4.70. The third-order valence-corrected chi connectivity index (χ3v) is 5.97. The Kier molecular flexibility index (Phi) is 6.74. The number of carbonyl (C=O) groups excluding carboxylic acids is 2. The molecule has 1 aliphatic carbocycles. The zero-order valence-electron chi connectivity index (χ0n) is 16.9. The van der Waals surface area contributed by atoms with Crippen LogP contribution in [0.15, 0.2) is 23.6 Å². The summed E-state index contributed by atoms with van der Waals surface area (Å²) in [4.78, 5) is 29.0. The van der Waals surface area contributed by atoms with Crippen molar-refractivity contribution in [1.29, 1.82) is 0 Å². The van der Waals surface area contributed by atoms with Crippen LogP contribution in [0.2, 0.25) is 0 Å². The maximum absolute atomic E-state index is 12.8. The lowest BCUT2D eigenvalue weighted by molar-refractivity contribution is -0.156. The van der Waals surface area contributed by atoms with Crippen LogP contribution in [0.4, 0.5) is 0 Å². The van der Waals surface area contributed by atoms with E-state index in [0.29, 0.717) is 30.0 Å². The average molecular weight is 419 g/mol. The minimum Gasteiger partial charge on any atom is -0.493 e. The van der Waals surface area contributed by atoms with Gasteiger partial charge in [0.15, 0.2) is 11.5 Å². The van der Waals surface area contributed by atoms with Crippen molar-refractivity contribution >= 4 is 23.2 Å². The predicted octanol–water partition coefficient (Wildman–Crippen LogP) is 3.71. The maximum Gasteiger partial charge on any atom is 0.332 e. The molecule has 0 radical (unpaired) electrons. The van der Waals surface area contributed by atoms with E-state index in [1.807, 2.05) is 23.6 Å². The topological polar surface area (TPSA) is 86.8 Å². The molecule has 0 spiro atoms. The van der Waals surface area contributed by atoms with E-state index < -0.39 is 5.54 Å². The van der Waals surface area contributed by atoms with Crippen LogP contribution in [0.5, 0.6) is 11.5 Å². The number of aromatic nitrogens is 1. The van der Waals surface area contributed by atoms with Crippen LogP contribution in [0.25, 0.3) is 10.6 Å². The molecule has 1 amide bonds. The molecule has 29 heavy (non-hydrogen) atoms. The molecule has 1 N–H and O–H groups in total. The van der Waals surface area contributed by atoms with Gasteiger partial charge >= 0.3 is 5.97 Å². The van der Waals surface area contributed by atoms with Crippen molar-refractivity contribution in [2.45, 2.75) is 51.2 Å². The number of hydrogen-bond donors (Lipinski definition) is 1. The van der Waals surface area contributed by atoms with Crippen molar-refractivity contribution in [3.63, 3.8) is 0 Å². The lowest BCUT2D eigenvalue weighted by atomic mass is 9.81. The second-order valence-corrected chi connectivity index (χ2v) is 7.94. The van der Waals surface area contributed by atoms with E-state index in [2.05, 4.69) is 10.3 Å². The number of thiazole rings is 1. The first-order valence-electron chi connectivity index (χ1n) is 9.61. The van der Waals surface area contributed by atoms with Crippen molar-refractivity contribution in [3.05, 3.63) is 29.3 Å². The van der Waals surface area contributed by atoms with Gasteiger partial charge in [0.2, 0.25) is 5.91 Å². The van der Waals surface area contributed by atoms with Gasteiger partial charge in [0.25, 0.3) is 0 Å². The second-order valence-electron chi connectivity index (χ2n) is 7.09. The van der Waals surface area contributed by atoms with E-state index in [1.165, 1.54) is 18.3 Å². The molecular weight excluding hydrogens is 392 g/mol. The normalized spacial score (nSPS) is 15.4. The second kappa shape index (κ2) is 9.26. The number of nitrogens with one attached hydrogen (secondary N) is 1. The van der Waals surface area contributed by atoms with Gasteiger partial charge in [-0.3, -0.25) is 4.79 Å². The van der Waals surface area contributed by atoms with Crippen LogP contribution in [0, 0.1) is 0 Å². The summed E-state index contributed by atoms with van der Waals surface area (Å²) in [5.41, 5.74) is 0.548. The number of hydrogen-bond acceptors (Lipinski definition) is 7.